The van der Waals surface area contributed by atoms with E-state index in [1.54, 1.807) is 39.1 Å². The van der Waals surface area contributed by atoms with Gasteiger partial charge in [-0.15, -0.1) is 0 Å². The third-order valence-corrected chi connectivity index (χ3v) is 7.88. The van der Waals surface area contributed by atoms with Gasteiger partial charge in [-0.25, -0.2) is 31.7 Å². The van der Waals surface area contributed by atoms with Gasteiger partial charge in [0.15, 0.2) is 0 Å². The molecule has 5 N–H and O–H groups in total. The molecule has 3 aromatic rings. The third-order valence-electron chi connectivity index (χ3n) is 5.04. The summed E-state index contributed by atoms with van der Waals surface area (Å²) < 4.78 is 50.0. The van der Waals surface area contributed by atoms with Crippen LogP contribution in [0.15, 0.2) is 53.6 Å². The summed E-state index contributed by atoms with van der Waals surface area (Å²) in [5.41, 5.74) is 3.41. The molecule has 1 heterocycles. The lowest BCUT2D eigenvalue weighted by molar-refractivity contribution is 0.572. The van der Waals surface area contributed by atoms with Gasteiger partial charge in [-0.3, -0.25) is 0 Å². The number of hydrogen-bond acceptors (Lipinski definition) is 8. The van der Waals surface area contributed by atoms with Crippen molar-refractivity contribution in [3.05, 3.63) is 65.4 Å². The number of rotatable bonds is 9. The second-order valence-electron chi connectivity index (χ2n) is 8.11. The van der Waals surface area contributed by atoms with Crippen molar-refractivity contribution < 1.29 is 16.8 Å². The summed E-state index contributed by atoms with van der Waals surface area (Å²) in [6, 6.07) is 12.1. The lowest BCUT2D eigenvalue weighted by Gasteiger charge is -2.13. The SMILES string of the molecule is Cc1ccc(Nc2ncc(C)c(Nc3ccc(CNS(=O)(=O)C(C)C)cc3)n2)cc1S(N)(=O)=O. The summed E-state index contributed by atoms with van der Waals surface area (Å²) >= 11 is 0. The van der Waals surface area contributed by atoms with E-state index in [-0.39, 0.29) is 17.4 Å². The fourth-order valence-corrected chi connectivity index (χ4v) is 4.44. The van der Waals surface area contributed by atoms with Crippen LogP contribution in [0.2, 0.25) is 0 Å². The van der Waals surface area contributed by atoms with Crippen molar-refractivity contribution in [1.82, 2.24) is 14.7 Å². The second-order valence-corrected chi connectivity index (χ2v) is 12.0. The molecule has 0 saturated heterocycles. The molecule has 0 unspecified atom stereocenters. The molecule has 0 saturated carbocycles. The van der Waals surface area contributed by atoms with Crippen LogP contribution in [0, 0.1) is 13.8 Å². The number of aryl methyl sites for hydroxylation is 2. The number of nitrogens with two attached hydrogens (primary N) is 1. The van der Waals surface area contributed by atoms with Gasteiger partial charge < -0.3 is 10.6 Å². The standard InChI is InChI=1S/C22H28N6O4S2/c1-14(2)34(31,32)25-13-17-6-9-18(10-7-17)26-21-16(4)12-24-22(28-21)27-19-8-5-15(3)20(11-19)33(23,29)30/h5-12,14,25H,13H2,1-4H3,(H2,23,29,30)(H2,24,26,27,28). The molecular weight excluding hydrogens is 476 g/mol. The lowest BCUT2D eigenvalue weighted by atomic mass is 10.2. The Balaban J connectivity index is 1.74. The quantitative estimate of drug-likeness (QED) is 0.346. The maximum absolute atomic E-state index is 11.9. The van der Waals surface area contributed by atoms with E-state index in [0.717, 1.165) is 16.8 Å². The molecule has 34 heavy (non-hydrogen) atoms. The molecule has 0 fully saturated rings. The molecule has 182 valence electrons. The number of nitrogens with zero attached hydrogens (tertiary/aromatic N) is 2. The zero-order valence-electron chi connectivity index (χ0n) is 19.3. The molecule has 0 bridgehead atoms. The van der Waals surface area contributed by atoms with E-state index in [1.807, 2.05) is 31.2 Å². The molecule has 0 aliphatic carbocycles. The fourth-order valence-electron chi connectivity index (χ4n) is 2.94. The molecule has 0 aliphatic heterocycles. The fraction of sp³-hybridized carbons (Fsp3) is 0.273. The predicted octanol–water partition coefficient (Wildman–Crippen LogP) is 3.06. The molecule has 0 atom stereocenters. The van der Waals surface area contributed by atoms with Crippen LogP contribution in [-0.2, 0) is 26.6 Å². The van der Waals surface area contributed by atoms with Crippen molar-refractivity contribution >= 4 is 43.2 Å². The molecule has 0 radical (unpaired) electrons. The summed E-state index contributed by atoms with van der Waals surface area (Å²) in [4.78, 5) is 8.77. The summed E-state index contributed by atoms with van der Waals surface area (Å²) in [5.74, 6) is 0.835. The van der Waals surface area contributed by atoms with E-state index < -0.39 is 25.3 Å². The smallest absolute Gasteiger partial charge is 0.238 e. The molecule has 0 aliphatic rings. The number of benzene rings is 2. The maximum Gasteiger partial charge on any atom is 0.238 e. The van der Waals surface area contributed by atoms with Crippen molar-refractivity contribution in [2.75, 3.05) is 10.6 Å². The Morgan fingerprint density at radius 3 is 2.18 bits per heavy atom. The first-order valence-corrected chi connectivity index (χ1v) is 13.5. The number of hydrogen-bond donors (Lipinski definition) is 4. The highest BCUT2D eigenvalue weighted by atomic mass is 32.2. The van der Waals surface area contributed by atoms with Gasteiger partial charge in [0.05, 0.1) is 10.1 Å². The molecule has 0 amide bonds. The minimum atomic E-state index is -3.86. The minimum absolute atomic E-state index is 0.0266. The summed E-state index contributed by atoms with van der Waals surface area (Å²) in [6.45, 7) is 6.98. The summed E-state index contributed by atoms with van der Waals surface area (Å²) in [5, 5.41) is 11.0. The minimum Gasteiger partial charge on any atom is -0.340 e. The van der Waals surface area contributed by atoms with Gasteiger partial charge in [0.1, 0.15) is 5.82 Å². The van der Waals surface area contributed by atoms with E-state index in [2.05, 4.69) is 25.3 Å². The number of primary sulfonamides is 1. The second kappa shape index (κ2) is 10.1. The van der Waals surface area contributed by atoms with Crippen molar-refractivity contribution in [1.29, 1.82) is 0 Å². The van der Waals surface area contributed by atoms with Gasteiger partial charge in [0, 0.05) is 29.7 Å². The Hall–Kier alpha value is -3.06. The largest absolute Gasteiger partial charge is 0.340 e. The molecule has 2 aromatic carbocycles. The first-order valence-electron chi connectivity index (χ1n) is 10.4. The number of aromatic nitrogens is 2. The highest BCUT2D eigenvalue weighted by Gasteiger charge is 2.15. The Kier molecular flexibility index (Phi) is 7.56. The number of nitrogens with one attached hydrogen (secondary N) is 3. The van der Waals surface area contributed by atoms with Gasteiger partial charge in [0.25, 0.3) is 0 Å². The van der Waals surface area contributed by atoms with E-state index in [1.165, 1.54) is 6.07 Å². The van der Waals surface area contributed by atoms with Crippen LogP contribution < -0.4 is 20.5 Å². The summed E-state index contributed by atoms with van der Waals surface area (Å²) in [7, 11) is -7.19. The topological polar surface area (TPSA) is 156 Å². The van der Waals surface area contributed by atoms with E-state index in [9.17, 15) is 16.8 Å². The Morgan fingerprint density at radius 1 is 0.912 bits per heavy atom. The van der Waals surface area contributed by atoms with Crippen molar-refractivity contribution in [2.24, 2.45) is 5.14 Å². The molecule has 3 rings (SSSR count). The molecule has 12 heteroatoms. The van der Waals surface area contributed by atoms with Crippen LogP contribution in [-0.4, -0.2) is 32.1 Å². The first-order chi connectivity index (χ1) is 15.8. The summed E-state index contributed by atoms with van der Waals surface area (Å²) in [6.07, 6.45) is 1.64. The Morgan fingerprint density at radius 2 is 1.56 bits per heavy atom. The molecule has 0 spiro atoms. The normalized spacial score (nSPS) is 12.1. The lowest BCUT2D eigenvalue weighted by Crippen LogP contribution is -2.30. The maximum atomic E-state index is 11.9. The van der Waals surface area contributed by atoms with E-state index in [4.69, 9.17) is 5.14 Å². The van der Waals surface area contributed by atoms with Gasteiger partial charge >= 0.3 is 0 Å². The van der Waals surface area contributed by atoms with Crippen LogP contribution in [0.5, 0.6) is 0 Å². The van der Waals surface area contributed by atoms with Crippen LogP contribution in [0.25, 0.3) is 0 Å². The van der Waals surface area contributed by atoms with E-state index in [0.29, 0.717) is 17.1 Å². The van der Waals surface area contributed by atoms with Crippen LogP contribution >= 0.6 is 0 Å². The first kappa shape index (κ1) is 25.6. The Bertz CT molecular complexity index is 1390. The Labute approximate surface area is 200 Å². The van der Waals surface area contributed by atoms with E-state index >= 15 is 0 Å². The van der Waals surface area contributed by atoms with Crippen LogP contribution in [0.1, 0.15) is 30.5 Å². The molecule has 1 aromatic heterocycles. The third kappa shape index (κ3) is 6.50. The van der Waals surface area contributed by atoms with Crippen molar-refractivity contribution in [3.8, 4) is 0 Å². The molecule has 10 nitrogen and oxygen atoms in total. The van der Waals surface area contributed by atoms with Crippen LogP contribution in [0.3, 0.4) is 0 Å². The van der Waals surface area contributed by atoms with Gasteiger partial charge in [-0.2, -0.15) is 4.98 Å². The highest BCUT2D eigenvalue weighted by Crippen LogP contribution is 2.24. The van der Waals surface area contributed by atoms with Crippen LogP contribution in [0.4, 0.5) is 23.1 Å². The predicted molar refractivity (Wildman–Crippen MR) is 133 cm³/mol. The van der Waals surface area contributed by atoms with Gasteiger partial charge in [-0.05, 0) is 63.1 Å². The monoisotopic (exact) mass is 504 g/mol. The van der Waals surface area contributed by atoms with Crippen molar-refractivity contribution in [3.63, 3.8) is 0 Å². The van der Waals surface area contributed by atoms with Gasteiger partial charge in [-0.1, -0.05) is 18.2 Å². The average Bonchev–Trinajstić information content (AvgIpc) is 2.76. The zero-order valence-corrected chi connectivity index (χ0v) is 21.0. The van der Waals surface area contributed by atoms with Crippen molar-refractivity contribution in [2.45, 2.75) is 44.4 Å². The van der Waals surface area contributed by atoms with Gasteiger partial charge in [0.2, 0.25) is 26.0 Å². The average molecular weight is 505 g/mol. The number of anilines is 4. The molecular formula is C22H28N6O4S2. The zero-order chi connectivity index (χ0) is 25.1. The number of sulfonamides is 2. The highest BCUT2D eigenvalue weighted by molar-refractivity contribution is 7.90.